The number of nitrogens with zero attached hydrogens (tertiary/aromatic N) is 5. The Labute approximate surface area is 341 Å². The summed E-state index contributed by atoms with van der Waals surface area (Å²) >= 11 is 0. The molecule has 4 aromatic carbocycles. The molecule has 0 aliphatic carbocycles. The number of ether oxygens (including phenoxy) is 1. The lowest BCUT2D eigenvalue weighted by Crippen LogP contribution is -2.53. The number of carboxylic acid groups (broad SMARTS) is 1. The number of halogens is 4. The first-order chi connectivity index (χ1) is 28.2. The van der Waals surface area contributed by atoms with Crippen molar-refractivity contribution in [2.75, 3.05) is 65.9 Å². The van der Waals surface area contributed by atoms with Gasteiger partial charge in [-0.2, -0.15) is 13.2 Å². The molecule has 5 aromatic rings. The van der Waals surface area contributed by atoms with Gasteiger partial charge in [-0.25, -0.2) is 9.18 Å². The molecule has 2 aliphatic rings. The van der Waals surface area contributed by atoms with Crippen LogP contribution in [-0.2, 0) is 29.0 Å². The van der Waals surface area contributed by atoms with E-state index in [2.05, 4.69) is 21.2 Å². The van der Waals surface area contributed by atoms with Crippen LogP contribution >= 0.6 is 0 Å². The van der Waals surface area contributed by atoms with Crippen molar-refractivity contribution >= 4 is 39.1 Å². The minimum atomic E-state index is -4.64. The number of aliphatic carboxylic acids is 1. The molecule has 0 saturated carbocycles. The molecule has 0 spiro atoms. The number of carbonyl (C=O) groups is 2. The van der Waals surface area contributed by atoms with Crippen LogP contribution < -0.4 is 10.2 Å². The quantitative estimate of drug-likeness (QED) is 0.129. The van der Waals surface area contributed by atoms with Crippen LogP contribution in [0.25, 0.3) is 32.8 Å². The second-order valence-electron chi connectivity index (χ2n) is 16.1. The fourth-order valence-electron chi connectivity index (χ4n) is 8.59. The number of carboxylic acids is 1. The van der Waals surface area contributed by atoms with Crippen LogP contribution in [0.5, 0.6) is 0 Å². The summed E-state index contributed by atoms with van der Waals surface area (Å²) in [5.41, 5.74) is 3.24. The number of morpholine rings is 1. The van der Waals surface area contributed by atoms with Gasteiger partial charge in [0.05, 0.1) is 24.5 Å². The molecule has 7 rings (SSSR count). The zero-order valence-corrected chi connectivity index (χ0v) is 33.7. The van der Waals surface area contributed by atoms with Gasteiger partial charge >= 0.3 is 12.1 Å². The van der Waals surface area contributed by atoms with Crippen LogP contribution in [0.2, 0.25) is 0 Å². The highest BCUT2D eigenvalue weighted by molar-refractivity contribution is 6.05. The zero-order chi connectivity index (χ0) is 42.0. The maximum absolute atomic E-state index is 16.4. The monoisotopic (exact) mass is 814 g/mol. The van der Waals surface area contributed by atoms with E-state index in [1.807, 2.05) is 81.6 Å². The number of anilines is 1. The average Bonchev–Trinajstić information content (AvgIpc) is 3.20. The molecule has 1 amide bonds. The molecule has 2 aliphatic heterocycles. The number of aromatic nitrogens is 1. The van der Waals surface area contributed by atoms with E-state index in [1.165, 1.54) is 6.07 Å². The van der Waals surface area contributed by atoms with E-state index in [9.17, 15) is 27.9 Å². The van der Waals surface area contributed by atoms with E-state index in [4.69, 9.17) is 9.72 Å². The summed E-state index contributed by atoms with van der Waals surface area (Å²) in [6.45, 7) is 1.40. The van der Waals surface area contributed by atoms with Crippen molar-refractivity contribution in [2.24, 2.45) is 0 Å². The van der Waals surface area contributed by atoms with Crippen LogP contribution in [0.4, 0.5) is 23.2 Å². The summed E-state index contributed by atoms with van der Waals surface area (Å²) in [5.74, 6) is -3.30. The summed E-state index contributed by atoms with van der Waals surface area (Å²) in [5, 5.41) is 16.7. The molecule has 2 atom stereocenters. The van der Waals surface area contributed by atoms with Gasteiger partial charge in [0.25, 0.3) is 5.91 Å². The largest absolute Gasteiger partial charge is 0.480 e. The van der Waals surface area contributed by atoms with Crippen molar-refractivity contribution < 1.29 is 37.0 Å². The highest BCUT2D eigenvalue weighted by atomic mass is 19.4. The van der Waals surface area contributed by atoms with Crippen LogP contribution in [-0.4, -0.2) is 122 Å². The van der Waals surface area contributed by atoms with Crippen molar-refractivity contribution in [2.45, 2.75) is 56.7 Å². The van der Waals surface area contributed by atoms with Crippen molar-refractivity contribution in [3.05, 3.63) is 107 Å². The summed E-state index contributed by atoms with van der Waals surface area (Å²) in [4.78, 5) is 39.1. The fraction of sp³-hybridized carbons (Fsp3) is 0.400. The number of fused-ring (bicyclic) bond motifs is 2. The Bertz CT molecular complexity index is 2330. The molecular formula is C45H50F4N6O4. The molecule has 59 heavy (non-hydrogen) atoms. The number of likely N-dealkylation sites (tertiary alicyclic amines) is 1. The number of carbonyl (C=O) groups excluding carboxylic acids is 1. The summed E-state index contributed by atoms with van der Waals surface area (Å²) < 4.78 is 63.9. The Morgan fingerprint density at radius 3 is 2.27 bits per heavy atom. The molecular weight excluding hydrogens is 765 g/mol. The van der Waals surface area contributed by atoms with Gasteiger partial charge in [-0.15, -0.1) is 0 Å². The number of benzene rings is 4. The van der Waals surface area contributed by atoms with E-state index < -0.39 is 42.6 Å². The first-order valence-electron chi connectivity index (χ1n) is 19.9. The first-order valence-corrected chi connectivity index (χ1v) is 19.9. The van der Waals surface area contributed by atoms with Crippen molar-refractivity contribution in [1.82, 2.24) is 25.0 Å². The lowest BCUT2D eigenvalue weighted by atomic mass is 9.92. The third kappa shape index (κ3) is 9.20. The smallest absolute Gasteiger partial charge is 0.411 e. The number of hydrogen-bond donors (Lipinski definition) is 2. The van der Waals surface area contributed by atoms with Crippen LogP contribution in [0.3, 0.4) is 0 Å². The topological polar surface area (TPSA) is 101 Å². The summed E-state index contributed by atoms with van der Waals surface area (Å²) in [6.07, 6.45) is -1.34. The van der Waals surface area contributed by atoms with Crippen molar-refractivity contribution in [3.8, 4) is 11.3 Å². The maximum atomic E-state index is 16.4. The van der Waals surface area contributed by atoms with Crippen LogP contribution in [0.1, 0.15) is 39.9 Å². The Morgan fingerprint density at radius 2 is 1.58 bits per heavy atom. The highest BCUT2D eigenvalue weighted by Crippen LogP contribution is 2.36. The molecule has 2 N–H and O–H groups in total. The Hall–Kier alpha value is -5.15. The van der Waals surface area contributed by atoms with Crippen molar-refractivity contribution in [3.63, 3.8) is 0 Å². The number of hydrogen-bond acceptors (Lipinski definition) is 8. The normalized spacial score (nSPS) is 17.6. The highest BCUT2D eigenvalue weighted by Gasteiger charge is 2.46. The minimum Gasteiger partial charge on any atom is -0.480 e. The molecule has 312 valence electrons. The third-order valence-electron chi connectivity index (χ3n) is 11.6. The van der Waals surface area contributed by atoms with Gasteiger partial charge in [-0.3, -0.25) is 14.7 Å². The predicted octanol–water partition coefficient (Wildman–Crippen LogP) is 6.97. The molecule has 3 heterocycles. The SMILES string of the molecule is CN(C)Cc1cccc2c(-c3cccc4c(C[C@H](NC(=O)c5c(F)cc(N6CCOC[C@@H]6C(F)(F)F)cc5CN5CCC(N(C)C)CC5)C(=O)O)cccc34)nccc12. The number of alkyl halides is 3. The summed E-state index contributed by atoms with van der Waals surface area (Å²) in [6, 6.07) is 18.8. The van der Waals surface area contributed by atoms with Gasteiger partial charge in [0, 0.05) is 54.9 Å². The van der Waals surface area contributed by atoms with E-state index >= 15 is 4.39 Å². The Kier molecular flexibility index (Phi) is 12.5. The van der Waals surface area contributed by atoms with E-state index in [-0.39, 0.29) is 42.9 Å². The van der Waals surface area contributed by atoms with Gasteiger partial charge in [0.2, 0.25) is 0 Å². The second kappa shape index (κ2) is 17.6. The molecule has 2 saturated heterocycles. The maximum Gasteiger partial charge on any atom is 0.411 e. The average molecular weight is 815 g/mol. The molecule has 10 nitrogen and oxygen atoms in total. The molecule has 14 heteroatoms. The Morgan fingerprint density at radius 1 is 0.898 bits per heavy atom. The molecule has 1 aromatic heterocycles. The number of nitrogens with one attached hydrogen (secondary N) is 1. The lowest BCUT2D eigenvalue weighted by molar-refractivity contribution is -0.167. The second-order valence-corrected chi connectivity index (χ2v) is 16.1. The number of pyridine rings is 1. The predicted molar refractivity (Wildman–Crippen MR) is 221 cm³/mol. The Balaban J connectivity index is 1.21. The van der Waals surface area contributed by atoms with Crippen LogP contribution in [0, 0.1) is 5.82 Å². The van der Waals surface area contributed by atoms with Gasteiger partial charge in [0.1, 0.15) is 17.9 Å². The first kappa shape index (κ1) is 42.0. The lowest BCUT2D eigenvalue weighted by Gasteiger charge is -2.39. The van der Waals surface area contributed by atoms with Gasteiger partial charge in [-0.1, -0.05) is 54.6 Å². The standard InChI is InChI=1S/C45H50F4N6O4/c1-52(2)25-29-9-6-12-36-34(29)14-17-50-42(36)37-13-7-10-33-28(8-5-11-35(33)37)23-39(44(57)58)51-43(56)41-30(26-54-18-15-31(16-19-54)53(3)4)22-32(24-38(41)46)55-20-21-59-27-40(55)45(47,48)49/h5-14,17,22,24,31,39-40H,15-16,18-21,23,25-27H2,1-4H3,(H,51,56)(H,57,58)/t39-,40+/m0/s1. The number of rotatable bonds is 12. The number of amides is 1. The zero-order valence-electron chi connectivity index (χ0n) is 33.7. The van der Waals surface area contributed by atoms with E-state index in [1.54, 1.807) is 12.3 Å². The number of piperidine rings is 1. The van der Waals surface area contributed by atoms with Crippen molar-refractivity contribution in [1.29, 1.82) is 0 Å². The van der Waals surface area contributed by atoms with E-state index in [0.717, 1.165) is 68.7 Å². The van der Waals surface area contributed by atoms with Gasteiger partial charge in [-0.05, 0) is 105 Å². The minimum absolute atomic E-state index is 0.0150. The third-order valence-corrected chi connectivity index (χ3v) is 11.6. The van der Waals surface area contributed by atoms with Gasteiger partial charge < -0.3 is 29.9 Å². The molecule has 0 bridgehead atoms. The van der Waals surface area contributed by atoms with Gasteiger partial charge in [0.15, 0.2) is 0 Å². The fourth-order valence-corrected chi connectivity index (χ4v) is 8.59. The molecule has 2 fully saturated rings. The molecule has 0 radical (unpaired) electrons. The molecule has 0 unspecified atom stereocenters. The van der Waals surface area contributed by atoms with Crippen LogP contribution in [0.15, 0.2) is 79.0 Å². The summed E-state index contributed by atoms with van der Waals surface area (Å²) in [7, 11) is 8.04. The van der Waals surface area contributed by atoms with E-state index in [0.29, 0.717) is 24.7 Å².